The van der Waals surface area contributed by atoms with E-state index in [1.165, 1.54) is 20.0 Å². The summed E-state index contributed by atoms with van der Waals surface area (Å²) in [5.74, 6) is 57.8. The fraction of sp³-hybridized carbons (Fsp3) is 0.791. The molecule has 784 valence electrons. The number of hydrogen-bond acceptors (Lipinski definition) is 19. The molecular formula is C115H192F3N9O11. The number of methoxy groups -OCH3 is 3. The van der Waals surface area contributed by atoms with Crippen LogP contribution in [-0.4, -0.2) is 276 Å². The lowest BCUT2D eigenvalue weighted by Gasteiger charge is -2.43. The summed E-state index contributed by atoms with van der Waals surface area (Å²) in [6.45, 7) is 96.9. The standard InChI is InChI=1S/C15H27NO2.C14H26N2.C14H23NO3.C13H20FN.C12H20FN.C11H18FN.C11H19NO.C10H17NO.C8H12O2.C7H10O2/c1-11(2)12(16)13(17)18-10-15(6,7)9-8-14(3,4)5;1-13(2,3)7-8-14(4,5)16-11-9-15(6)10-12-16;1-10(2)11(15)12(16)18-14(8-17-9-14)7-6-13(3,4)5;1-12(2,3)6-7-13(14)9-15(10-13)8-11-4-5-11;1-10(2)14-8-12(13,9-14)7-6-11(3,4)5;1-5-13-8-11(12,9-13)7-6-10(2,3)4;1-10(2,3)6-7-11(13-5)8-12(4)9-11;1-9(2,3)5-6-10(12-4)7-11-8-10;1-8(2,3)6-5-7(9)10-4;1-7(2,3)5-4-6(8)9/h11-12H,10,16H2,1-7H3;9-12H2,1-6H3;10-11H,8-9,15H2,1-5H3;11H,4-5,8-10H2,1-3H3;10H,8-9H2,1-5H3;5,8-9H2,1-4H3;8-9H2,1-5H3;11H,7-8H2,1-4H3;1-4H3;1-3H3,(H,8,9)/t12-;;11-;;;;;;;/m0.0......./s1. The van der Waals surface area contributed by atoms with Gasteiger partial charge in [-0.15, -0.1) is 0 Å². The molecule has 0 aromatic rings. The van der Waals surface area contributed by atoms with Crippen LogP contribution >= 0.6 is 0 Å². The van der Waals surface area contributed by atoms with Gasteiger partial charge in [0.05, 0.1) is 18.1 Å². The van der Waals surface area contributed by atoms with E-state index < -0.39 is 52.6 Å². The van der Waals surface area contributed by atoms with Gasteiger partial charge in [-0.25, -0.2) is 22.8 Å². The van der Waals surface area contributed by atoms with Gasteiger partial charge in [0.1, 0.15) is 31.9 Å². The molecule has 0 spiro atoms. The molecule has 0 radical (unpaired) electrons. The van der Waals surface area contributed by atoms with Crippen LogP contribution in [0.3, 0.4) is 0 Å². The predicted octanol–water partition coefficient (Wildman–Crippen LogP) is 17.7. The van der Waals surface area contributed by atoms with Crippen molar-refractivity contribution in [1.82, 2.24) is 34.7 Å². The van der Waals surface area contributed by atoms with Crippen LogP contribution in [-0.2, 0) is 47.6 Å². The largest absolute Gasteiger partial charge is 0.472 e. The van der Waals surface area contributed by atoms with Crippen molar-refractivity contribution < 1.29 is 65.9 Å². The fourth-order valence-electron chi connectivity index (χ4n) is 11.4. The predicted molar refractivity (Wildman–Crippen MR) is 564 cm³/mol. The van der Waals surface area contributed by atoms with E-state index in [9.17, 15) is 32.3 Å². The topological polar surface area (TPSA) is 227 Å². The molecule has 1 saturated carbocycles. The third-order valence-corrected chi connectivity index (χ3v) is 20.4. The Morgan fingerprint density at radius 3 is 1.07 bits per heavy atom. The molecule has 8 rings (SSSR count). The molecule has 8 aliphatic rings. The molecule has 7 aliphatic heterocycles. The number of carbonyl (C=O) groups is 4. The Hall–Kier alpha value is -7.21. The number of carbonyl (C=O) groups excluding carboxylic acids is 3. The molecule has 0 bridgehead atoms. The van der Waals surface area contributed by atoms with E-state index in [1.807, 2.05) is 173 Å². The van der Waals surface area contributed by atoms with Crippen LogP contribution in [0, 0.1) is 196 Å². The Kier molecular flexibility index (Phi) is 53.5. The summed E-state index contributed by atoms with van der Waals surface area (Å²) in [6.07, 6.45) is 2.67. The highest BCUT2D eigenvalue weighted by atomic mass is 19.2. The molecule has 8 fully saturated rings. The molecular weight excluding hydrogens is 1740 g/mol. The number of hydrogen-bond donors (Lipinski definition) is 4. The van der Waals surface area contributed by atoms with Crippen LogP contribution in [0.15, 0.2) is 0 Å². The third-order valence-electron chi connectivity index (χ3n) is 20.4. The van der Waals surface area contributed by atoms with Crippen LogP contribution in [0.2, 0.25) is 0 Å². The average Bonchev–Trinajstić information content (AvgIpc) is 1.08. The van der Waals surface area contributed by atoms with Crippen LogP contribution in [0.4, 0.5) is 13.2 Å². The lowest BCUT2D eigenvalue weighted by molar-refractivity contribution is -0.194. The number of nitrogens with one attached hydrogen (secondary N) is 1. The number of nitrogens with two attached hydrogens (primary N) is 2. The summed E-state index contributed by atoms with van der Waals surface area (Å²) in [5, 5.41) is 11.3. The minimum atomic E-state index is -1.25. The lowest BCUT2D eigenvalue weighted by Crippen LogP contribution is -2.60. The lowest BCUT2D eigenvalue weighted by atomic mass is 9.91. The van der Waals surface area contributed by atoms with Crippen molar-refractivity contribution >= 4 is 23.9 Å². The first kappa shape index (κ1) is 133. The zero-order valence-electron chi connectivity index (χ0n) is 95.3. The maximum Gasteiger partial charge on any atom is 0.384 e. The maximum atomic E-state index is 13.9. The van der Waals surface area contributed by atoms with Crippen LogP contribution in [0.1, 0.15) is 297 Å². The van der Waals surface area contributed by atoms with Crippen molar-refractivity contribution in [2.24, 2.45) is 88.8 Å². The minimum absolute atomic E-state index is 0.00847. The van der Waals surface area contributed by atoms with Crippen LogP contribution in [0.25, 0.3) is 0 Å². The number of alkyl halides is 3. The van der Waals surface area contributed by atoms with Crippen LogP contribution < -0.4 is 16.8 Å². The number of esters is 3. The van der Waals surface area contributed by atoms with Gasteiger partial charge in [-0.2, -0.15) is 0 Å². The van der Waals surface area contributed by atoms with Crippen molar-refractivity contribution in [2.45, 2.75) is 354 Å². The fourth-order valence-corrected chi connectivity index (χ4v) is 11.4. The van der Waals surface area contributed by atoms with Crippen molar-refractivity contribution in [3.8, 4) is 118 Å². The number of aliphatic carboxylic acids is 1. The van der Waals surface area contributed by atoms with Gasteiger partial charge >= 0.3 is 23.9 Å². The van der Waals surface area contributed by atoms with Crippen molar-refractivity contribution in [2.75, 3.05) is 160 Å². The van der Waals surface area contributed by atoms with Gasteiger partial charge in [-0.3, -0.25) is 34.1 Å². The quantitative estimate of drug-likeness (QED) is 0.0548. The molecule has 23 heteroatoms. The first-order valence-electron chi connectivity index (χ1n) is 49.3. The van der Waals surface area contributed by atoms with E-state index in [-0.39, 0.29) is 101 Å². The summed E-state index contributed by atoms with van der Waals surface area (Å²) >= 11 is 0. The summed E-state index contributed by atoms with van der Waals surface area (Å²) in [6, 6.07) is -0.745. The van der Waals surface area contributed by atoms with E-state index in [1.54, 1.807) is 14.2 Å². The number of carboxylic acid groups (broad SMARTS) is 1. The Balaban J connectivity index is 0. The zero-order valence-corrected chi connectivity index (χ0v) is 95.3. The SMILES string of the molecule is CC(C)(C)C#CC(=O)O.CC(C)(C)C#CC1(F)CN(CC2CC2)C1.CC(C)N1CC(F)(C#CC(C)(C)C)C1.CC(C)[C@H](N)C(=O)OC1(C#CC(C)(C)C)COC1.CC(C)[C@H](N)C(=O)OCC(C)(C)C#CC(C)(C)C.CCN1CC(F)(C#CC(C)(C)C)C1.CN1CCN(C(C)(C)C#CC(C)(C)C)CC1.COC(=O)C#CC(C)(C)C.COC1(C#CC(C)(C)C)CN(C)C1.COC1(C#CC(C)(C)C)CNC1. The normalized spacial score (nSPS) is 18.8. The van der Waals surface area contributed by atoms with Crippen molar-refractivity contribution in [1.29, 1.82) is 0 Å². The van der Waals surface area contributed by atoms with Gasteiger partial charge in [-0.05, 0) is 306 Å². The number of nitrogens with zero attached hydrogens (tertiary/aromatic N) is 6. The number of carboxylic acids is 1. The maximum absolute atomic E-state index is 13.9. The Morgan fingerprint density at radius 1 is 0.428 bits per heavy atom. The van der Waals surface area contributed by atoms with Gasteiger partial charge in [0.25, 0.3) is 0 Å². The highest BCUT2D eigenvalue weighted by Crippen LogP contribution is 2.36. The second kappa shape index (κ2) is 55.6. The highest BCUT2D eigenvalue weighted by Gasteiger charge is 2.47. The Bertz CT molecular complexity index is 4460. The monoisotopic (exact) mass is 1930 g/mol. The summed E-state index contributed by atoms with van der Waals surface area (Å²) in [5.41, 5.74) is 5.70. The second-order valence-corrected chi connectivity index (χ2v) is 50.6. The molecule has 1 aliphatic carbocycles. The first-order chi connectivity index (χ1) is 61.9. The van der Waals surface area contributed by atoms with Crippen LogP contribution in [0.5, 0.6) is 0 Å². The molecule has 7 saturated heterocycles. The molecule has 6 N–H and O–H groups in total. The van der Waals surface area contributed by atoms with E-state index >= 15 is 0 Å². The number of halogens is 3. The van der Waals surface area contributed by atoms with E-state index in [0.29, 0.717) is 58.5 Å². The average molecular weight is 1930 g/mol. The van der Waals surface area contributed by atoms with E-state index in [0.717, 1.165) is 71.4 Å². The molecule has 0 aromatic heterocycles. The van der Waals surface area contributed by atoms with Crippen molar-refractivity contribution in [3.05, 3.63) is 0 Å². The molecule has 0 unspecified atom stereocenters. The summed E-state index contributed by atoms with van der Waals surface area (Å²) < 4.78 is 72.3. The molecule has 2 atom stereocenters. The smallest absolute Gasteiger partial charge is 0.384 e. The summed E-state index contributed by atoms with van der Waals surface area (Å²) in [7, 11) is 9.05. The van der Waals surface area contributed by atoms with Gasteiger partial charge in [0.2, 0.25) is 5.60 Å². The highest BCUT2D eigenvalue weighted by molar-refractivity contribution is 5.88. The Morgan fingerprint density at radius 2 is 0.768 bits per heavy atom. The van der Waals surface area contributed by atoms with E-state index in [4.69, 9.17) is 40.3 Å². The third kappa shape index (κ3) is 64.3. The molecule has 0 amide bonds. The minimum Gasteiger partial charge on any atom is -0.472 e. The molecule has 0 aromatic carbocycles. The molecule has 7 heterocycles. The molecule has 138 heavy (non-hydrogen) atoms. The van der Waals surface area contributed by atoms with Gasteiger partial charge < -0.3 is 55.2 Å². The van der Waals surface area contributed by atoms with E-state index in [2.05, 4.69) is 283 Å². The number of ether oxygens (including phenoxy) is 6. The zero-order chi connectivity index (χ0) is 108. The number of likely N-dealkylation sites (N-methyl/N-ethyl adjacent to an activating group) is 2. The van der Waals surface area contributed by atoms with Gasteiger partial charge in [0, 0.05) is 184 Å². The second-order valence-electron chi connectivity index (χ2n) is 50.6. The summed E-state index contributed by atoms with van der Waals surface area (Å²) in [4.78, 5) is 57.2. The number of rotatable bonds is 14. The Labute approximate surface area is 841 Å². The first-order valence-corrected chi connectivity index (χ1v) is 49.3. The molecule has 20 nitrogen and oxygen atoms in total. The van der Waals surface area contributed by atoms with Gasteiger partial charge in [0.15, 0.2) is 28.2 Å². The number of likely N-dealkylation sites (tertiary alicyclic amines) is 4. The number of piperazine rings is 1. The van der Waals surface area contributed by atoms with Gasteiger partial charge in [-0.1, -0.05) is 135 Å². The van der Waals surface area contributed by atoms with Crippen molar-refractivity contribution in [3.63, 3.8) is 0 Å².